The predicted octanol–water partition coefficient (Wildman–Crippen LogP) is 2.41. The first-order valence-electron chi connectivity index (χ1n) is 6.41. The van der Waals surface area contributed by atoms with Crippen molar-refractivity contribution >= 4 is 17.3 Å². The summed E-state index contributed by atoms with van der Waals surface area (Å²) in [5.41, 5.74) is 7.63. The third-order valence-electron chi connectivity index (χ3n) is 2.82. The SMILES string of the molecule is COCCCN(CCOC)Cc1cc(N)cc(Cl)c1. The molecule has 0 fully saturated rings. The van der Waals surface area contributed by atoms with Gasteiger partial charge in [0.1, 0.15) is 0 Å². The molecule has 0 aliphatic heterocycles. The molecule has 1 rings (SSSR count). The molecule has 0 unspecified atom stereocenters. The minimum absolute atomic E-state index is 0.679. The molecule has 0 spiro atoms. The van der Waals surface area contributed by atoms with Crippen LogP contribution in [0, 0.1) is 0 Å². The highest BCUT2D eigenvalue weighted by Crippen LogP contribution is 2.18. The number of nitrogens with zero attached hydrogens (tertiary/aromatic N) is 1. The van der Waals surface area contributed by atoms with Crippen LogP contribution < -0.4 is 5.73 Å². The quantitative estimate of drug-likeness (QED) is 0.559. The van der Waals surface area contributed by atoms with E-state index >= 15 is 0 Å². The van der Waals surface area contributed by atoms with Crippen molar-refractivity contribution in [3.63, 3.8) is 0 Å². The van der Waals surface area contributed by atoms with Gasteiger partial charge in [0.2, 0.25) is 0 Å². The molecule has 0 saturated heterocycles. The highest BCUT2D eigenvalue weighted by atomic mass is 35.5. The van der Waals surface area contributed by atoms with Gasteiger partial charge in [0, 0.05) is 51.2 Å². The summed E-state index contributed by atoms with van der Waals surface area (Å²) in [4.78, 5) is 2.31. The first-order chi connectivity index (χ1) is 9.15. The molecular weight excluding hydrogens is 264 g/mol. The number of nitrogens with two attached hydrogens (primary N) is 1. The molecular formula is C14H23ClN2O2. The number of ether oxygens (including phenoxy) is 2. The molecule has 0 aliphatic rings. The fourth-order valence-corrected chi connectivity index (χ4v) is 2.21. The van der Waals surface area contributed by atoms with Crippen LogP contribution in [0.5, 0.6) is 0 Å². The Kier molecular flexibility index (Phi) is 7.82. The Morgan fingerprint density at radius 1 is 1.11 bits per heavy atom. The van der Waals surface area contributed by atoms with Crippen LogP contribution in [0.1, 0.15) is 12.0 Å². The molecule has 0 radical (unpaired) electrons. The summed E-state index contributed by atoms with van der Waals surface area (Å²) in [6.07, 6.45) is 0.996. The Hall–Kier alpha value is -0.810. The minimum atomic E-state index is 0.679. The van der Waals surface area contributed by atoms with E-state index in [1.54, 1.807) is 20.3 Å². The summed E-state index contributed by atoms with van der Waals surface area (Å²) in [6.45, 7) is 4.14. The molecule has 108 valence electrons. The van der Waals surface area contributed by atoms with Gasteiger partial charge >= 0.3 is 0 Å². The molecule has 4 nitrogen and oxygen atoms in total. The fourth-order valence-electron chi connectivity index (χ4n) is 1.95. The van der Waals surface area contributed by atoms with Gasteiger partial charge in [-0.25, -0.2) is 0 Å². The molecule has 0 aromatic heterocycles. The van der Waals surface area contributed by atoms with Gasteiger partial charge in [-0.2, -0.15) is 0 Å². The topological polar surface area (TPSA) is 47.7 Å². The Morgan fingerprint density at radius 2 is 1.84 bits per heavy atom. The molecule has 0 heterocycles. The monoisotopic (exact) mass is 286 g/mol. The molecule has 0 bridgehead atoms. The lowest BCUT2D eigenvalue weighted by atomic mass is 10.2. The lowest BCUT2D eigenvalue weighted by Gasteiger charge is -2.22. The van der Waals surface area contributed by atoms with E-state index in [9.17, 15) is 0 Å². The Labute approximate surface area is 120 Å². The standard InChI is InChI=1S/C14H23ClN2O2/c1-18-6-3-4-17(5-7-19-2)11-12-8-13(15)10-14(16)9-12/h8-10H,3-7,11,16H2,1-2H3. The first-order valence-corrected chi connectivity index (χ1v) is 6.78. The van der Waals surface area contributed by atoms with Crippen molar-refractivity contribution in [3.05, 3.63) is 28.8 Å². The van der Waals surface area contributed by atoms with Crippen molar-refractivity contribution in [2.24, 2.45) is 0 Å². The van der Waals surface area contributed by atoms with Crippen LogP contribution in [0.15, 0.2) is 18.2 Å². The first kappa shape index (κ1) is 16.2. The number of halogens is 1. The molecule has 5 heteroatoms. The molecule has 1 aromatic carbocycles. The zero-order valence-electron chi connectivity index (χ0n) is 11.7. The number of hydrogen-bond acceptors (Lipinski definition) is 4. The molecule has 0 amide bonds. The summed E-state index contributed by atoms with van der Waals surface area (Å²) in [5.74, 6) is 0. The summed E-state index contributed by atoms with van der Waals surface area (Å²) < 4.78 is 10.2. The van der Waals surface area contributed by atoms with E-state index in [1.807, 2.05) is 12.1 Å². The van der Waals surface area contributed by atoms with E-state index in [2.05, 4.69) is 4.90 Å². The fraction of sp³-hybridized carbons (Fsp3) is 0.571. The van der Waals surface area contributed by atoms with Gasteiger partial charge in [0.25, 0.3) is 0 Å². The van der Waals surface area contributed by atoms with Gasteiger partial charge < -0.3 is 15.2 Å². The maximum absolute atomic E-state index is 6.02. The van der Waals surface area contributed by atoms with Crippen LogP contribution in [0.3, 0.4) is 0 Å². The van der Waals surface area contributed by atoms with Crippen LogP contribution >= 0.6 is 11.6 Å². The van der Waals surface area contributed by atoms with Crippen molar-refractivity contribution < 1.29 is 9.47 Å². The number of hydrogen-bond donors (Lipinski definition) is 1. The van der Waals surface area contributed by atoms with E-state index in [0.717, 1.165) is 38.2 Å². The lowest BCUT2D eigenvalue weighted by Crippen LogP contribution is -2.28. The van der Waals surface area contributed by atoms with Crippen molar-refractivity contribution in [1.29, 1.82) is 0 Å². The molecule has 19 heavy (non-hydrogen) atoms. The minimum Gasteiger partial charge on any atom is -0.399 e. The summed E-state index contributed by atoms with van der Waals surface area (Å²) in [7, 11) is 3.43. The average molecular weight is 287 g/mol. The van der Waals surface area contributed by atoms with Gasteiger partial charge in [-0.3, -0.25) is 4.90 Å². The van der Waals surface area contributed by atoms with Gasteiger partial charge in [-0.05, 0) is 30.2 Å². The number of anilines is 1. The van der Waals surface area contributed by atoms with Crippen LogP contribution in [-0.2, 0) is 16.0 Å². The smallest absolute Gasteiger partial charge is 0.0589 e. The molecule has 0 aliphatic carbocycles. The lowest BCUT2D eigenvalue weighted by molar-refractivity contribution is 0.129. The summed E-state index contributed by atoms with van der Waals surface area (Å²) >= 11 is 6.02. The molecule has 0 saturated carbocycles. The third kappa shape index (κ3) is 6.78. The van der Waals surface area contributed by atoms with Crippen LogP contribution in [0.4, 0.5) is 5.69 Å². The predicted molar refractivity (Wildman–Crippen MR) is 79.5 cm³/mol. The number of rotatable bonds is 9. The number of benzene rings is 1. The van der Waals surface area contributed by atoms with Gasteiger partial charge in [0.15, 0.2) is 0 Å². The highest BCUT2D eigenvalue weighted by Gasteiger charge is 2.07. The van der Waals surface area contributed by atoms with E-state index in [0.29, 0.717) is 17.3 Å². The second-order valence-corrected chi connectivity index (χ2v) is 4.94. The Bertz CT molecular complexity index is 354. The zero-order valence-corrected chi connectivity index (χ0v) is 12.4. The Balaban J connectivity index is 2.58. The van der Waals surface area contributed by atoms with Crippen LogP contribution in [0.25, 0.3) is 0 Å². The zero-order chi connectivity index (χ0) is 14.1. The van der Waals surface area contributed by atoms with Gasteiger partial charge in [-0.15, -0.1) is 0 Å². The molecule has 0 atom stereocenters. The normalized spacial score (nSPS) is 11.2. The van der Waals surface area contributed by atoms with Crippen molar-refractivity contribution in [3.8, 4) is 0 Å². The second-order valence-electron chi connectivity index (χ2n) is 4.51. The van der Waals surface area contributed by atoms with E-state index < -0.39 is 0 Å². The van der Waals surface area contributed by atoms with E-state index in [1.165, 1.54) is 0 Å². The average Bonchev–Trinajstić information content (AvgIpc) is 2.34. The molecule has 1 aromatic rings. The van der Waals surface area contributed by atoms with Crippen LogP contribution in [0.2, 0.25) is 5.02 Å². The molecule has 2 N–H and O–H groups in total. The van der Waals surface area contributed by atoms with Crippen molar-refractivity contribution in [1.82, 2.24) is 4.90 Å². The maximum atomic E-state index is 6.02. The largest absolute Gasteiger partial charge is 0.399 e. The summed E-state index contributed by atoms with van der Waals surface area (Å²) in [5, 5.41) is 0.679. The van der Waals surface area contributed by atoms with Crippen molar-refractivity contribution in [2.45, 2.75) is 13.0 Å². The number of nitrogen functional groups attached to an aromatic ring is 1. The van der Waals surface area contributed by atoms with Crippen LogP contribution in [-0.4, -0.2) is 45.4 Å². The maximum Gasteiger partial charge on any atom is 0.0589 e. The van der Waals surface area contributed by atoms with Crippen molar-refractivity contribution in [2.75, 3.05) is 46.3 Å². The van der Waals surface area contributed by atoms with E-state index in [4.69, 9.17) is 26.8 Å². The second kappa shape index (κ2) is 9.15. The van der Waals surface area contributed by atoms with Gasteiger partial charge in [0.05, 0.1) is 6.61 Å². The Morgan fingerprint density at radius 3 is 2.47 bits per heavy atom. The van der Waals surface area contributed by atoms with E-state index in [-0.39, 0.29) is 0 Å². The number of methoxy groups -OCH3 is 2. The summed E-state index contributed by atoms with van der Waals surface area (Å²) in [6, 6.07) is 5.67. The highest BCUT2D eigenvalue weighted by molar-refractivity contribution is 6.30. The van der Waals surface area contributed by atoms with Gasteiger partial charge in [-0.1, -0.05) is 11.6 Å². The third-order valence-corrected chi connectivity index (χ3v) is 3.04.